The number of aromatic nitrogens is 2. The number of nitrogens with zero attached hydrogens (tertiary/aromatic N) is 2. The van der Waals surface area contributed by atoms with E-state index in [1.54, 1.807) is 20.3 Å². The van der Waals surface area contributed by atoms with E-state index < -0.39 is 0 Å². The highest BCUT2D eigenvalue weighted by molar-refractivity contribution is 5.92. The van der Waals surface area contributed by atoms with E-state index in [9.17, 15) is 4.79 Å². The van der Waals surface area contributed by atoms with Gasteiger partial charge in [0.05, 0.1) is 14.2 Å². The van der Waals surface area contributed by atoms with Gasteiger partial charge in [-0.1, -0.05) is 25.3 Å². The highest BCUT2D eigenvalue weighted by Gasteiger charge is 2.15. The molecule has 0 saturated heterocycles. The molecule has 0 aliphatic heterocycles. The molecule has 27 heavy (non-hydrogen) atoms. The minimum atomic E-state index is -0.237. The lowest BCUT2D eigenvalue weighted by Crippen LogP contribution is -2.25. The van der Waals surface area contributed by atoms with Crippen molar-refractivity contribution in [2.75, 3.05) is 19.5 Å². The number of ether oxygens (including phenoxy) is 2. The summed E-state index contributed by atoms with van der Waals surface area (Å²) in [5, 5.41) is 6.30. The van der Waals surface area contributed by atoms with Crippen LogP contribution < -0.4 is 20.1 Å². The second kappa shape index (κ2) is 9.21. The molecule has 3 rings (SSSR count). The quantitative estimate of drug-likeness (QED) is 0.779. The minimum absolute atomic E-state index is 0.237. The number of carbonyl (C=O) groups excluding carboxylic acids is 1. The number of hydrogen-bond acceptors (Lipinski definition) is 6. The van der Waals surface area contributed by atoms with Crippen molar-refractivity contribution in [2.45, 2.75) is 44.7 Å². The summed E-state index contributed by atoms with van der Waals surface area (Å²) in [6.07, 6.45) is 7.49. The maximum absolute atomic E-state index is 12.5. The van der Waals surface area contributed by atoms with Gasteiger partial charge in [-0.05, 0) is 30.5 Å². The first-order valence-electron chi connectivity index (χ1n) is 9.27. The van der Waals surface area contributed by atoms with Crippen LogP contribution in [0, 0.1) is 0 Å². The van der Waals surface area contributed by atoms with Gasteiger partial charge in [0.15, 0.2) is 11.5 Å². The zero-order valence-corrected chi connectivity index (χ0v) is 15.8. The molecule has 2 N–H and O–H groups in total. The largest absolute Gasteiger partial charge is 0.493 e. The molecule has 1 aliphatic rings. The number of nitrogens with one attached hydrogen (secondary N) is 2. The maximum atomic E-state index is 12.5. The molecule has 7 nitrogen and oxygen atoms in total. The SMILES string of the molecule is COc1ccc(CNC(=O)c2cc(NC3CCCCC3)ncn2)cc1OC. The molecule has 144 valence electrons. The molecule has 1 aromatic heterocycles. The average Bonchev–Trinajstić information content (AvgIpc) is 2.72. The highest BCUT2D eigenvalue weighted by Crippen LogP contribution is 2.27. The molecule has 2 aromatic rings. The third-order valence-electron chi connectivity index (χ3n) is 4.76. The van der Waals surface area contributed by atoms with Gasteiger partial charge in [-0.3, -0.25) is 4.79 Å². The summed E-state index contributed by atoms with van der Waals surface area (Å²) in [5.74, 6) is 1.75. The van der Waals surface area contributed by atoms with E-state index in [1.807, 2.05) is 18.2 Å². The Morgan fingerprint density at radius 1 is 1.07 bits per heavy atom. The first-order valence-corrected chi connectivity index (χ1v) is 9.27. The molecule has 0 radical (unpaired) electrons. The molecule has 1 fully saturated rings. The maximum Gasteiger partial charge on any atom is 0.270 e. The molecule has 0 unspecified atom stereocenters. The van der Waals surface area contributed by atoms with Crippen molar-refractivity contribution in [1.29, 1.82) is 0 Å². The fourth-order valence-corrected chi connectivity index (χ4v) is 3.28. The van der Waals surface area contributed by atoms with Crippen LogP contribution in [0.2, 0.25) is 0 Å². The number of benzene rings is 1. The number of amides is 1. The lowest BCUT2D eigenvalue weighted by Gasteiger charge is -2.23. The predicted molar refractivity (Wildman–Crippen MR) is 103 cm³/mol. The summed E-state index contributed by atoms with van der Waals surface area (Å²) in [5.41, 5.74) is 1.26. The fraction of sp³-hybridized carbons (Fsp3) is 0.450. The molecule has 1 aliphatic carbocycles. The molecule has 0 atom stereocenters. The Labute approximate surface area is 159 Å². The van der Waals surface area contributed by atoms with Crippen LogP contribution in [0.15, 0.2) is 30.6 Å². The number of methoxy groups -OCH3 is 2. The molecular weight excluding hydrogens is 344 g/mol. The van der Waals surface area contributed by atoms with E-state index >= 15 is 0 Å². The van der Waals surface area contributed by atoms with Gasteiger partial charge >= 0.3 is 0 Å². The zero-order valence-electron chi connectivity index (χ0n) is 15.8. The molecule has 1 aromatic carbocycles. The lowest BCUT2D eigenvalue weighted by molar-refractivity contribution is 0.0945. The molecule has 7 heteroatoms. The molecular formula is C20H26N4O3. The van der Waals surface area contributed by atoms with Gasteiger partial charge in [0, 0.05) is 18.7 Å². The summed E-state index contributed by atoms with van der Waals surface area (Å²) in [6, 6.07) is 7.68. The first-order chi connectivity index (χ1) is 13.2. The molecule has 1 saturated carbocycles. The summed E-state index contributed by atoms with van der Waals surface area (Å²) >= 11 is 0. The van der Waals surface area contributed by atoms with Gasteiger partial charge in [-0.25, -0.2) is 9.97 Å². The summed E-state index contributed by atoms with van der Waals surface area (Å²) in [7, 11) is 3.18. The van der Waals surface area contributed by atoms with Gasteiger partial charge < -0.3 is 20.1 Å². The van der Waals surface area contributed by atoms with E-state index in [-0.39, 0.29) is 5.91 Å². The van der Waals surface area contributed by atoms with Gasteiger partial charge in [-0.2, -0.15) is 0 Å². The molecule has 1 heterocycles. The topological polar surface area (TPSA) is 85.4 Å². The van der Waals surface area contributed by atoms with Crippen LogP contribution in [0.4, 0.5) is 5.82 Å². The van der Waals surface area contributed by atoms with Gasteiger partial charge in [0.25, 0.3) is 5.91 Å². The van der Waals surface area contributed by atoms with Crippen LogP contribution in [0.1, 0.15) is 48.2 Å². The van der Waals surface area contributed by atoms with E-state index in [0.29, 0.717) is 35.6 Å². The third kappa shape index (κ3) is 5.09. The Balaban J connectivity index is 1.60. The van der Waals surface area contributed by atoms with Crippen molar-refractivity contribution in [3.05, 3.63) is 41.9 Å². The summed E-state index contributed by atoms with van der Waals surface area (Å²) < 4.78 is 10.5. The van der Waals surface area contributed by atoms with Crippen molar-refractivity contribution in [3.63, 3.8) is 0 Å². The zero-order chi connectivity index (χ0) is 19.1. The summed E-state index contributed by atoms with van der Waals surface area (Å²) in [6.45, 7) is 0.370. The minimum Gasteiger partial charge on any atom is -0.493 e. The second-order valence-corrected chi connectivity index (χ2v) is 6.64. The monoisotopic (exact) mass is 370 g/mol. The van der Waals surface area contributed by atoms with Crippen molar-refractivity contribution in [1.82, 2.24) is 15.3 Å². The Morgan fingerprint density at radius 3 is 2.59 bits per heavy atom. The first kappa shape index (κ1) is 18.9. The third-order valence-corrected chi connectivity index (χ3v) is 4.76. The Kier molecular flexibility index (Phi) is 6.46. The van der Waals surface area contributed by atoms with Crippen LogP contribution in [0.3, 0.4) is 0 Å². The van der Waals surface area contributed by atoms with Crippen molar-refractivity contribution >= 4 is 11.7 Å². The lowest BCUT2D eigenvalue weighted by atomic mass is 9.95. The van der Waals surface area contributed by atoms with Crippen LogP contribution >= 0.6 is 0 Å². The summed E-state index contributed by atoms with van der Waals surface area (Å²) in [4.78, 5) is 20.8. The number of anilines is 1. The van der Waals surface area contributed by atoms with Crippen molar-refractivity contribution in [2.24, 2.45) is 0 Å². The van der Waals surface area contributed by atoms with Gasteiger partial charge in [0.1, 0.15) is 17.8 Å². The molecule has 0 bridgehead atoms. The van der Waals surface area contributed by atoms with Crippen LogP contribution in [-0.4, -0.2) is 36.1 Å². The molecule has 1 amide bonds. The number of rotatable bonds is 7. The molecule has 0 spiro atoms. The Morgan fingerprint density at radius 2 is 1.85 bits per heavy atom. The smallest absolute Gasteiger partial charge is 0.270 e. The Bertz CT molecular complexity index is 776. The number of carbonyl (C=O) groups is 1. The normalized spacial score (nSPS) is 14.4. The van der Waals surface area contributed by atoms with E-state index in [4.69, 9.17) is 9.47 Å². The van der Waals surface area contributed by atoms with E-state index in [2.05, 4.69) is 20.6 Å². The van der Waals surface area contributed by atoms with Crippen molar-refractivity contribution < 1.29 is 14.3 Å². The van der Waals surface area contributed by atoms with E-state index in [0.717, 1.165) is 18.4 Å². The predicted octanol–water partition coefficient (Wildman–Crippen LogP) is 3.17. The Hall–Kier alpha value is -2.83. The highest BCUT2D eigenvalue weighted by atomic mass is 16.5. The van der Waals surface area contributed by atoms with Crippen LogP contribution in [0.25, 0.3) is 0 Å². The van der Waals surface area contributed by atoms with E-state index in [1.165, 1.54) is 25.6 Å². The standard InChI is InChI=1S/C20H26N4O3/c1-26-17-9-8-14(10-18(17)27-2)12-21-20(25)16-11-19(23-13-22-16)24-15-6-4-3-5-7-15/h8-11,13,15H,3-7,12H2,1-2H3,(H,21,25)(H,22,23,24). The number of hydrogen-bond donors (Lipinski definition) is 2. The van der Waals surface area contributed by atoms with Crippen LogP contribution in [0.5, 0.6) is 11.5 Å². The average molecular weight is 370 g/mol. The van der Waals surface area contributed by atoms with Gasteiger partial charge in [0.2, 0.25) is 0 Å². The van der Waals surface area contributed by atoms with Crippen molar-refractivity contribution in [3.8, 4) is 11.5 Å². The van der Waals surface area contributed by atoms with Gasteiger partial charge in [-0.15, -0.1) is 0 Å². The second-order valence-electron chi connectivity index (χ2n) is 6.64. The van der Waals surface area contributed by atoms with Crippen LogP contribution in [-0.2, 0) is 6.54 Å². The fourth-order valence-electron chi connectivity index (χ4n) is 3.28.